The maximum atomic E-state index is 12.7. The fraction of sp³-hybridized carbons (Fsp3) is 0.300. The quantitative estimate of drug-likeness (QED) is 0.485. The zero-order valence-corrected chi connectivity index (χ0v) is 9.10. The standard InChI is InChI=1S/C10H9ClF3NO/c1-2-7-6(5-15-16)3-4-8(11)9(7)10(12,13)14/h3-5,16H,2H2,1H3/b15-5+. The third kappa shape index (κ3) is 2.47. The molecule has 1 N–H and O–H groups in total. The van der Waals surface area contributed by atoms with Crippen LogP contribution in [0.4, 0.5) is 13.2 Å². The second kappa shape index (κ2) is 4.74. The second-order valence-corrected chi connectivity index (χ2v) is 3.49. The average molecular weight is 252 g/mol. The summed E-state index contributed by atoms with van der Waals surface area (Å²) in [4.78, 5) is 0. The minimum Gasteiger partial charge on any atom is -0.411 e. The molecular formula is C10H9ClF3NO. The van der Waals surface area contributed by atoms with Crippen LogP contribution in [0.1, 0.15) is 23.6 Å². The van der Waals surface area contributed by atoms with Gasteiger partial charge in [0.15, 0.2) is 0 Å². The van der Waals surface area contributed by atoms with Crippen LogP contribution in [0.5, 0.6) is 0 Å². The molecule has 16 heavy (non-hydrogen) atoms. The summed E-state index contributed by atoms with van der Waals surface area (Å²) in [7, 11) is 0. The van der Waals surface area contributed by atoms with Gasteiger partial charge in [-0.15, -0.1) is 0 Å². The van der Waals surface area contributed by atoms with E-state index in [1.807, 2.05) is 0 Å². The molecule has 0 aliphatic carbocycles. The van der Waals surface area contributed by atoms with Gasteiger partial charge in [-0.2, -0.15) is 13.2 Å². The average Bonchev–Trinajstić information content (AvgIpc) is 2.18. The van der Waals surface area contributed by atoms with Crippen LogP contribution >= 0.6 is 11.6 Å². The summed E-state index contributed by atoms with van der Waals surface area (Å²) in [6.45, 7) is 1.58. The molecule has 0 saturated heterocycles. The number of nitrogens with zero attached hydrogens (tertiary/aromatic N) is 1. The lowest BCUT2D eigenvalue weighted by Crippen LogP contribution is -2.12. The highest BCUT2D eigenvalue weighted by atomic mass is 35.5. The van der Waals surface area contributed by atoms with Gasteiger partial charge >= 0.3 is 6.18 Å². The van der Waals surface area contributed by atoms with Gasteiger partial charge in [0, 0.05) is 0 Å². The van der Waals surface area contributed by atoms with Crippen LogP contribution in [0.2, 0.25) is 5.02 Å². The van der Waals surface area contributed by atoms with Crippen molar-refractivity contribution in [2.75, 3.05) is 0 Å². The third-order valence-corrected chi connectivity index (χ3v) is 2.45. The van der Waals surface area contributed by atoms with E-state index in [-0.39, 0.29) is 22.6 Å². The van der Waals surface area contributed by atoms with Crippen molar-refractivity contribution in [2.45, 2.75) is 19.5 Å². The predicted octanol–water partition coefficient (Wildman–Crippen LogP) is 3.73. The Morgan fingerprint density at radius 2 is 2.06 bits per heavy atom. The Morgan fingerprint density at radius 3 is 2.50 bits per heavy atom. The number of alkyl halides is 3. The van der Waals surface area contributed by atoms with Gasteiger partial charge in [-0.1, -0.05) is 29.7 Å². The van der Waals surface area contributed by atoms with Crippen molar-refractivity contribution in [3.63, 3.8) is 0 Å². The normalized spacial score (nSPS) is 12.3. The molecule has 0 atom stereocenters. The van der Waals surface area contributed by atoms with Crippen molar-refractivity contribution in [3.05, 3.63) is 33.8 Å². The summed E-state index contributed by atoms with van der Waals surface area (Å²) < 4.78 is 38.2. The molecule has 1 aromatic rings. The predicted molar refractivity (Wildman–Crippen MR) is 55.2 cm³/mol. The van der Waals surface area contributed by atoms with Gasteiger partial charge in [0.25, 0.3) is 0 Å². The molecular weight excluding hydrogens is 243 g/mol. The lowest BCUT2D eigenvalue weighted by Gasteiger charge is -2.15. The SMILES string of the molecule is CCc1c(/C=N/O)ccc(Cl)c1C(F)(F)F. The molecule has 0 bridgehead atoms. The van der Waals surface area contributed by atoms with E-state index in [2.05, 4.69) is 5.16 Å². The van der Waals surface area contributed by atoms with Crippen LogP contribution in [-0.2, 0) is 12.6 Å². The summed E-state index contributed by atoms with van der Waals surface area (Å²) in [6, 6.07) is 2.52. The van der Waals surface area contributed by atoms with Crippen LogP contribution in [0.3, 0.4) is 0 Å². The number of hydrogen-bond acceptors (Lipinski definition) is 2. The first kappa shape index (κ1) is 12.8. The minimum absolute atomic E-state index is 0.0257. The number of oxime groups is 1. The molecule has 0 spiro atoms. The van der Waals surface area contributed by atoms with E-state index in [1.54, 1.807) is 6.92 Å². The van der Waals surface area contributed by atoms with Crippen molar-refractivity contribution >= 4 is 17.8 Å². The summed E-state index contributed by atoms with van der Waals surface area (Å²) in [5.74, 6) is 0. The van der Waals surface area contributed by atoms with E-state index in [1.165, 1.54) is 6.07 Å². The Balaban J connectivity index is 3.51. The monoisotopic (exact) mass is 251 g/mol. The van der Waals surface area contributed by atoms with Crippen molar-refractivity contribution in [2.24, 2.45) is 5.16 Å². The highest BCUT2D eigenvalue weighted by molar-refractivity contribution is 6.31. The van der Waals surface area contributed by atoms with Gasteiger partial charge in [0.05, 0.1) is 16.8 Å². The van der Waals surface area contributed by atoms with E-state index in [0.29, 0.717) is 0 Å². The molecule has 0 fully saturated rings. The molecule has 0 radical (unpaired) electrons. The molecule has 2 nitrogen and oxygen atoms in total. The Morgan fingerprint density at radius 1 is 1.44 bits per heavy atom. The topological polar surface area (TPSA) is 32.6 Å². The van der Waals surface area contributed by atoms with Gasteiger partial charge in [0.2, 0.25) is 0 Å². The summed E-state index contributed by atoms with van der Waals surface area (Å²) in [5.41, 5.74) is -0.631. The van der Waals surface area contributed by atoms with E-state index < -0.39 is 11.7 Å². The summed E-state index contributed by atoms with van der Waals surface area (Å²) >= 11 is 5.54. The summed E-state index contributed by atoms with van der Waals surface area (Å²) in [5, 5.41) is 10.7. The maximum absolute atomic E-state index is 12.7. The van der Waals surface area contributed by atoms with Gasteiger partial charge in [0.1, 0.15) is 0 Å². The Hall–Kier alpha value is -1.23. The highest BCUT2D eigenvalue weighted by Gasteiger charge is 2.36. The largest absolute Gasteiger partial charge is 0.418 e. The van der Waals surface area contributed by atoms with E-state index in [9.17, 15) is 13.2 Å². The van der Waals surface area contributed by atoms with Crippen molar-refractivity contribution in [3.8, 4) is 0 Å². The van der Waals surface area contributed by atoms with Crippen molar-refractivity contribution in [1.82, 2.24) is 0 Å². The minimum atomic E-state index is -4.51. The highest BCUT2D eigenvalue weighted by Crippen LogP contribution is 2.38. The molecule has 0 aliphatic heterocycles. The smallest absolute Gasteiger partial charge is 0.411 e. The zero-order chi connectivity index (χ0) is 12.3. The molecule has 88 valence electrons. The van der Waals surface area contributed by atoms with E-state index >= 15 is 0 Å². The van der Waals surface area contributed by atoms with Gasteiger partial charge in [-0.05, 0) is 23.6 Å². The molecule has 0 aliphatic rings. The number of rotatable bonds is 2. The van der Waals surface area contributed by atoms with Gasteiger partial charge < -0.3 is 5.21 Å². The number of halogens is 4. The second-order valence-electron chi connectivity index (χ2n) is 3.09. The van der Waals surface area contributed by atoms with Crippen LogP contribution in [-0.4, -0.2) is 11.4 Å². The van der Waals surface area contributed by atoms with E-state index in [4.69, 9.17) is 16.8 Å². The van der Waals surface area contributed by atoms with E-state index in [0.717, 1.165) is 12.3 Å². The summed E-state index contributed by atoms with van der Waals surface area (Å²) in [6.07, 6.45) is -3.40. The Labute approximate surface area is 95.3 Å². The fourth-order valence-electron chi connectivity index (χ4n) is 1.51. The third-order valence-electron chi connectivity index (χ3n) is 2.13. The first-order valence-electron chi connectivity index (χ1n) is 4.47. The molecule has 0 unspecified atom stereocenters. The molecule has 0 saturated carbocycles. The lowest BCUT2D eigenvalue weighted by atomic mass is 9.99. The Bertz CT molecular complexity index is 415. The maximum Gasteiger partial charge on any atom is 0.418 e. The van der Waals surface area contributed by atoms with Gasteiger partial charge in [-0.3, -0.25) is 0 Å². The molecule has 6 heteroatoms. The zero-order valence-electron chi connectivity index (χ0n) is 8.35. The van der Waals surface area contributed by atoms with Crippen LogP contribution in [0.25, 0.3) is 0 Å². The molecule has 1 aromatic carbocycles. The molecule has 0 heterocycles. The van der Waals surface area contributed by atoms with Crippen LogP contribution in [0.15, 0.2) is 17.3 Å². The van der Waals surface area contributed by atoms with Crippen molar-refractivity contribution in [1.29, 1.82) is 0 Å². The first-order chi connectivity index (χ1) is 7.41. The van der Waals surface area contributed by atoms with Gasteiger partial charge in [-0.25, -0.2) is 0 Å². The fourth-order valence-corrected chi connectivity index (χ4v) is 1.79. The number of benzene rings is 1. The van der Waals surface area contributed by atoms with Crippen LogP contribution in [0, 0.1) is 0 Å². The molecule has 0 aromatic heterocycles. The van der Waals surface area contributed by atoms with Crippen molar-refractivity contribution < 1.29 is 18.4 Å². The number of hydrogen-bond donors (Lipinski definition) is 1. The lowest BCUT2D eigenvalue weighted by molar-refractivity contribution is -0.138. The van der Waals surface area contributed by atoms with Crippen LogP contribution < -0.4 is 0 Å². The molecule has 0 amide bonds. The first-order valence-corrected chi connectivity index (χ1v) is 4.85. The Kier molecular flexibility index (Phi) is 3.80. The molecule has 1 rings (SSSR count).